The Balaban J connectivity index is 1.54. The predicted octanol–water partition coefficient (Wildman–Crippen LogP) is 5.56. The molecule has 6 rings (SSSR count). The molecule has 3 saturated heterocycles. The molecule has 1 unspecified atom stereocenters. The Morgan fingerprint density at radius 3 is 2.13 bits per heavy atom. The SMILES string of the molecule is COc1cccc(C/N=C2\C3CCN(CC3)C2C(c2ccccc2)c2ccccc2)c1. The summed E-state index contributed by atoms with van der Waals surface area (Å²) in [5.74, 6) is 1.79. The zero-order valence-corrected chi connectivity index (χ0v) is 18.2. The molecule has 1 atom stereocenters. The Kier molecular flexibility index (Phi) is 5.86. The molecule has 3 nitrogen and oxygen atoms in total. The highest BCUT2D eigenvalue weighted by Gasteiger charge is 2.43. The van der Waals surface area contributed by atoms with Gasteiger partial charge < -0.3 is 4.74 Å². The number of fused-ring (bicyclic) bond motifs is 3. The van der Waals surface area contributed by atoms with Crippen LogP contribution < -0.4 is 4.74 Å². The molecule has 0 aliphatic carbocycles. The van der Waals surface area contributed by atoms with Crippen molar-refractivity contribution in [2.75, 3.05) is 20.2 Å². The number of piperidine rings is 3. The summed E-state index contributed by atoms with van der Waals surface area (Å²) in [6, 6.07) is 30.6. The van der Waals surface area contributed by atoms with E-state index in [9.17, 15) is 0 Å². The van der Waals surface area contributed by atoms with E-state index in [-0.39, 0.29) is 0 Å². The van der Waals surface area contributed by atoms with Crippen LogP contribution in [0.1, 0.15) is 35.4 Å². The van der Waals surface area contributed by atoms with E-state index in [0.29, 0.717) is 24.4 Å². The molecule has 0 spiro atoms. The van der Waals surface area contributed by atoms with Crippen LogP contribution >= 0.6 is 0 Å². The minimum Gasteiger partial charge on any atom is -0.497 e. The lowest BCUT2D eigenvalue weighted by atomic mass is 9.72. The molecule has 2 bridgehead atoms. The van der Waals surface area contributed by atoms with Crippen molar-refractivity contribution in [1.82, 2.24) is 4.90 Å². The maximum atomic E-state index is 5.41. The number of methoxy groups -OCH3 is 1. The summed E-state index contributed by atoms with van der Waals surface area (Å²) in [5, 5.41) is 0. The van der Waals surface area contributed by atoms with Crippen molar-refractivity contribution in [2.45, 2.75) is 31.3 Å². The van der Waals surface area contributed by atoms with Crippen LogP contribution in [0.2, 0.25) is 0 Å². The minimum atomic E-state index is 0.301. The first-order valence-corrected chi connectivity index (χ1v) is 11.3. The molecular formula is C28H30N2O. The van der Waals surface area contributed by atoms with Crippen molar-refractivity contribution in [2.24, 2.45) is 10.9 Å². The molecule has 0 radical (unpaired) electrons. The summed E-state index contributed by atoms with van der Waals surface area (Å²) < 4.78 is 5.41. The molecule has 3 aliphatic rings. The highest BCUT2D eigenvalue weighted by atomic mass is 16.5. The van der Waals surface area contributed by atoms with Crippen molar-refractivity contribution in [1.29, 1.82) is 0 Å². The molecule has 3 aliphatic heterocycles. The van der Waals surface area contributed by atoms with Gasteiger partial charge in [-0.3, -0.25) is 9.89 Å². The summed E-state index contributed by atoms with van der Waals surface area (Å²) in [6.45, 7) is 3.05. The molecule has 31 heavy (non-hydrogen) atoms. The zero-order valence-electron chi connectivity index (χ0n) is 18.2. The van der Waals surface area contributed by atoms with Crippen LogP contribution in [0.4, 0.5) is 0 Å². The Morgan fingerprint density at radius 1 is 0.871 bits per heavy atom. The molecule has 3 fully saturated rings. The fourth-order valence-corrected chi connectivity index (χ4v) is 5.34. The lowest BCUT2D eigenvalue weighted by Gasteiger charge is -2.49. The van der Waals surface area contributed by atoms with Crippen LogP contribution in [0, 0.1) is 5.92 Å². The first-order valence-electron chi connectivity index (χ1n) is 11.3. The van der Waals surface area contributed by atoms with Gasteiger partial charge in [0.2, 0.25) is 0 Å². The Labute approximate surface area is 185 Å². The number of rotatable bonds is 6. The molecule has 0 saturated carbocycles. The molecular weight excluding hydrogens is 380 g/mol. The largest absolute Gasteiger partial charge is 0.497 e. The second-order valence-electron chi connectivity index (χ2n) is 8.65. The summed E-state index contributed by atoms with van der Waals surface area (Å²) in [4.78, 5) is 7.96. The number of ether oxygens (including phenoxy) is 1. The second kappa shape index (κ2) is 9.07. The van der Waals surface area contributed by atoms with Crippen molar-refractivity contribution in [3.8, 4) is 5.75 Å². The number of hydrogen-bond donors (Lipinski definition) is 0. The van der Waals surface area contributed by atoms with Gasteiger partial charge in [-0.25, -0.2) is 0 Å². The molecule has 3 heteroatoms. The molecule has 0 aromatic heterocycles. The number of hydrogen-bond acceptors (Lipinski definition) is 3. The monoisotopic (exact) mass is 410 g/mol. The zero-order chi connectivity index (χ0) is 21.0. The van der Waals surface area contributed by atoms with Gasteiger partial charge in [0.15, 0.2) is 0 Å². The Hall–Kier alpha value is -2.91. The van der Waals surface area contributed by atoms with Gasteiger partial charge in [-0.2, -0.15) is 0 Å². The average molecular weight is 411 g/mol. The van der Waals surface area contributed by atoms with Gasteiger partial charge in [-0.15, -0.1) is 0 Å². The summed E-state index contributed by atoms with van der Waals surface area (Å²) >= 11 is 0. The van der Waals surface area contributed by atoms with Crippen molar-refractivity contribution in [3.63, 3.8) is 0 Å². The summed E-state index contributed by atoms with van der Waals surface area (Å²) in [5.41, 5.74) is 5.34. The normalized spacial score (nSPS) is 23.9. The van der Waals surface area contributed by atoms with Gasteiger partial charge in [0, 0.05) is 17.5 Å². The highest BCUT2D eigenvalue weighted by Crippen LogP contribution is 2.40. The lowest BCUT2D eigenvalue weighted by Crippen LogP contribution is -2.58. The summed E-state index contributed by atoms with van der Waals surface area (Å²) in [7, 11) is 1.72. The van der Waals surface area contributed by atoms with E-state index in [1.165, 1.54) is 48.3 Å². The van der Waals surface area contributed by atoms with Gasteiger partial charge in [-0.1, -0.05) is 72.8 Å². The fourth-order valence-electron chi connectivity index (χ4n) is 5.34. The van der Waals surface area contributed by atoms with E-state index >= 15 is 0 Å². The second-order valence-corrected chi connectivity index (χ2v) is 8.65. The fraction of sp³-hybridized carbons (Fsp3) is 0.321. The van der Waals surface area contributed by atoms with Gasteiger partial charge in [0.25, 0.3) is 0 Å². The topological polar surface area (TPSA) is 24.8 Å². The first-order chi connectivity index (χ1) is 15.3. The van der Waals surface area contributed by atoms with Crippen molar-refractivity contribution >= 4 is 5.71 Å². The van der Waals surface area contributed by atoms with Gasteiger partial charge in [0.05, 0.1) is 19.7 Å². The summed E-state index contributed by atoms with van der Waals surface area (Å²) in [6.07, 6.45) is 2.45. The standard InChI is InChI=1S/C28H30N2O/c1-31-25-14-8-9-21(19-25)20-29-27-24-15-17-30(18-16-24)28(27)26(22-10-4-2-5-11-22)23-12-6-3-7-13-23/h2-14,19,24,26,28H,15-18,20H2,1H3/b29-27+. The van der Waals surface area contributed by atoms with E-state index in [4.69, 9.17) is 9.73 Å². The maximum absolute atomic E-state index is 5.41. The van der Waals surface area contributed by atoms with Crippen molar-refractivity contribution < 1.29 is 4.74 Å². The van der Waals surface area contributed by atoms with Gasteiger partial charge in [0.1, 0.15) is 5.75 Å². The molecule has 0 N–H and O–H groups in total. The van der Waals surface area contributed by atoms with E-state index in [2.05, 4.69) is 83.8 Å². The highest BCUT2D eigenvalue weighted by molar-refractivity contribution is 5.94. The molecule has 3 heterocycles. The number of nitrogens with zero attached hydrogens (tertiary/aromatic N) is 2. The van der Waals surface area contributed by atoms with E-state index < -0.39 is 0 Å². The smallest absolute Gasteiger partial charge is 0.119 e. The van der Waals surface area contributed by atoms with Crippen LogP contribution in [0.25, 0.3) is 0 Å². The van der Waals surface area contributed by atoms with Crippen molar-refractivity contribution in [3.05, 3.63) is 102 Å². The minimum absolute atomic E-state index is 0.301. The Morgan fingerprint density at radius 2 is 1.52 bits per heavy atom. The average Bonchev–Trinajstić information content (AvgIpc) is 2.85. The quantitative estimate of drug-likeness (QED) is 0.531. The Bertz CT molecular complexity index is 984. The van der Waals surface area contributed by atoms with Crippen LogP contribution in [-0.4, -0.2) is 36.9 Å². The van der Waals surface area contributed by atoms with Gasteiger partial charge >= 0.3 is 0 Å². The number of benzene rings is 3. The third-order valence-corrected chi connectivity index (χ3v) is 6.86. The molecule has 3 aromatic carbocycles. The number of aliphatic imine (C=N–C) groups is 1. The first kappa shape index (κ1) is 20.0. The molecule has 158 valence electrons. The van der Waals surface area contributed by atoms with Crippen LogP contribution in [0.3, 0.4) is 0 Å². The van der Waals surface area contributed by atoms with Crippen LogP contribution in [0.15, 0.2) is 89.9 Å². The third-order valence-electron chi connectivity index (χ3n) is 6.86. The van der Waals surface area contributed by atoms with Gasteiger partial charge in [-0.05, 0) is 54.8 Å². The predicted molar refractivity (Wildman–Crippen MR) is 127 cm³/mol. The third kappa shape index (κ3) is 4.15. The lowest BCUT2D eigenvalue weighted by molar-refractivity contribution is 0.135. The molecule has 3 aromatic rings. The maximum Gasteiger partial charge on any atom is 0.119 e. The van der Waals surface area contributed by atoms with E-state index in [1.807, 2.05) is 6.07 Å². The van der Waals surface area contributed by atoms with E-state index in [0.717, 1.165) is 5.75 Å². The molecule has 0 amide bonds. The van der Waals surface area contributed by atoms with Crippen LogP contribution in [0.5, 0.6) is 5.75 Å². The van der Waals surface area contributed by atoms with E-state index in [1.54, 1.807) is 7.11 Å². The van der Waals surface area contributed by atoms with Crippen LogP contribution in [-0.2, 0) is 6.54 Å².